The first kappa shape index (κ1) is 27.3. The number of carbonyl (C=O) groups is 2. The number of aryl methyl sites for hydroxylation is 1. The van der Waals surface area contributed by atoms with Crippen LogP contribution in [-0.2, 0) is 19.9 Å². The second-order valence-corrected chi connectivity index (χ2v) is 10.2. The van der Waals surface area contributed by atoms with Gasteiger partial charge in [-0.1, -0.05) is 65.3 Å². The molecule has 2 aromatic carbocycles. The number of rotatable bonds is 7. The highest BCUT2D eigenvalue weighted by Crippen LogP contribution is 2.39. The lowest BCUT2D eigenvalue weighted by molar-refractivity contribution is -0.939. The Kier molecular flexibility index (Phi) is 8.08. The van der Waals surface area contributed by atoms with Gasteiger partial charge in [0, 0.05) is 35.4 Å². The van der Waals surface area contributed by atoms with Crippen LogP contribution in [0, 0.1) is 12.8 Å². The first-order valence-corrected chi connectivity index (χ1v) is 12.5. The van der Waals surface area contributed by atoms with E-state index in [0.29, 0.717) is 28.2 Å². The monoisotopic (exact) mass is 589 g/mol. The standard InChI is InChI=1S/C27H28ClN3O5.BrH/c1-18-15-24(30-36-18)29-25(32)17-31-13-11-19(12-14-31)23(16-31)35-26(33)27(34,20-7-3-2-4-8-20)21-9-5-6-10-22(21)28;/h2-10,15,19,23,34H,11-14,16-17H2,1H3;1H/t19?,23?,27-,31?;/m1./s1. The van der Waals surface area contributed by atoms with Crippen LogP contribution in [0.2, 0.25) is 5.02 Å². The average molecular weight is 591 g/mol. The number of piperidine rings is 3. The summed E-state index contributed by atoms with van der Waals surface area (Å²) in [6, 6.07) is 17.1. The van der Waals surface area contributed by atoms with Gasteiger partial charge in [0.1, 0.15) is 12.3 Å². The van der Waals surface area contributed by atoms with Crippen LogP contribution in [0.1, 0.15) is 29.7 Å². The Morgan fingerprint density at radius 2 is 1.84 bits per heavy atom. The van der Waals surface area contributed by atoms with Crippen LogP contribution < -0.4 is 22.3 Å². The minimum Gasteiger partial charge on any atom is -1.00 e. The van der Waals surface area contributed by atoms with Crippen LogP contribution in [0.25, 0.3) is 0 Å². The van der Waals surface area contributed by atoms with E-state index < -0.39 is 17.7 Å². The van der Waals surface area contributed by atoms with Gasteiger partial charge in [-0.2, -0.15) is 0 Å². The Balaban J connectivity index is 0.00000320. The molecule has 0 saturated carbocycles. The zero-order chi connectivity index (χ0) is 25.3. The van der Waals surface area contributed by atoms with E-state index in [4.69, 9.17) is 20.9 Å². The maximum Gasteiger partial charge on any atom is 0.348 e. The largest absolute Gasteiger partial charge is 1.00 e. The third-order valence-corrected chi connectivity index (χ3v) is 7.75. The van der Waals surface area contributed by atoms with E-state index in [-0.39, 0.29) is 45.9 Å². The maximum atomic E-state index is 13.7. The molecule has 6 rings (SSSR count). The summed E-state index contributed by atoms with van der Waals surface area (Å²) < 4.78 is 11.6. The predicted octanol–water partition coefficient (Wildman–Crippen LogP) is 0.667. The number of nitrogens with one attached hydrogen (secondary N) is 1. The average Bonchev–Trinajstić information content (AvgIpc) is 3.28. The van der Waals surface area contributed by atoms with Crippen LogP contribution in [0.15, 0.2) is 65.2 Å². The van der Waals surface area contributed by atoms with E-state index in [2.05, 4.69) is 10.5 Å². The number of carbonyl (C=O) groups excluding carboxylic acids is 2. The summed E-state index contributed by atoms with van der Waals surface area (Å²) in [7, 11) is 0. The second-order valence-electron chi connectivity index (χ2n) is 9.84. The molecule has 1 amide bonds. The highest BCUT2D eigenvalue weighted by molar-refractivity contribution is 6.31. The Labute approximate surface area is 230 Å². The van der Waals surface area contributed by atoms with E-state index >= 15 is 0 Å². The molecular weight excluding hydrogens is 562 g/mol. The fraction of sp³-hybridized carbons (Fsp3) is 0.370. The lowest BCUT2D eigenvalue weighted by atomic mass is 9.82. The lowest BCUT2D eigenvalue weighted by Crippen LogP contribution is -3.00. The topological polar surface area (TPSA) is 102 Å². The van der Waals surface area contributed by atoms with Gasteiger partial charge < -0.3 is 41.1 Å². The molecule has 4 heterocycles. The molecule has 3 aliphatic heterocycles. The number of hydrogen-bond acceptors (Lipinski definition) is 6. The van der Waals surface area contributed by atoms with Crippen molar-refractivity contribution >= 4 is 29.3 Å². The Morgan fingerprint density at radius 1 is 1.16 bits per heavy atom. The molecule has 196 valence electrons. The molecule has 3 saturated heterocycles. The number of anilines is 1. The number of amides is 1. The highest BCUT2D eigenvalue weighted by atomic mass is 79.9. The molecule has 0 radical (unpaired) electrons. The Morgan fingerprint density at radius 3 is 2.49 bits per heavy atom. The van der Waals surface area contributed by atoms with Crippen molar-refractivity contribution in [1.29, 1.82) is 0 Å². The zero-order valence-electron chi connectivity index (χ0n) is 20.4. The van der Waals surface area contributed by atoms with Crippen LogP contribution in [0.5, 0.6) is 0 Å². The summed E-state index contributed by atoms with van der Waals surface area (Å²) in [6.45, 7) is 4.18. The van der Waals surface area contributed by atoms with Gasteiger partial charge in [-0.25, -0.2) is 4.79 Å². The molecule has 10 heteroatoms. The predicted molar refractivity (Wildman–Crippen MR) is 133 cm³/mol. The summed E-state index contributed by atoms with van der Waals surface area (Å²) in [5.41, 5.74) is -1.40. The molecule has 0 spiro atoms. The van der Waals surface area contributed by atoms with E-state index in [1.165, 1.54) is 0 Å². The molecule has 2 N–H and O–H groups in total. The molecule has 3 aromatic rings. The number of fused-ring (bicyclic) bond motifs is 3. The quantitative estimate of drug-likeness (QED) is 0.310. The van der Waals surface area contributed by atoms with Gasteiger partial charge >= 0.3 is 5.97 Å². The van der Waals surface area contributed by atoms with Crippen molar-refractivity contribution in [2.75, 3.05) is 31.5 Å². The minimum absolute atomic E-state index is 0. The van der Waals surface area contributed by atoms with E-state index in [0.717, 1.165) is 25.9 Å². The van der Waals surface area contributed by atoms with Gasteiger partial charge in [0.15, 0.2) is 18.5 Å². The molecule has 37 heavy (non-hydrogen) atoms. The van der Waals surface area contributed by atoms with Crippen molar-refractivity contribution in [3.63, 3.8) is 0 Å². The molecule has 2 atom stereocenters. The molecule has 0 aliphatic carbocycles. The Hall–Kier alpha value is -2.72. The van der Waals surface area contributed by atoms with Gasteiger partial charge in [0.25, 0.3) is 5.91 Å². The van der Waals surface area contributed by atoms with Gasteiger partial charge in [0.2, 0.25) is 5.60 Å². The third-order valence-electron chi connectivity index (χ3n) is 7.42. The summed E-state index contributed by atoms with van der Waals surface area (Å²) in [4.78, 5) is 26.5. The number of quaternary nitrogens is 1. The van der Waals surface area contributed by atoms with E-state index in [1.807, 2.05) is 6.07 Å². The summed E-state index contributed by atoms with van der Waals surface area (Å²) >= 11 is 6.43. The first-order valence-electron chi connectivity index (χ1n) is 12.1. The fourth-order valence-corrected chi connectivity index (χ4v) is 5.80. The van der Waals surface area contributed by atoms with Crippen LogP contribution in [-0.4, -0.2) is 58.9 Å². The fourth-order valence-electron chi connectivity index (χ4n) is 5.53. The molecule has 3 fully saturated rings. The van der Waals surface area contributed by atoms with Gasteiger partial charge in [-0.3, -0.25) is 4.79 Å². The second kappa shape index (κ2) is 10.9. The smallest absolute Gasteiger partial charge is 0.348 e. The number of esters is 1. The number of aromatic nitrogens is 1. The van der Waals surface area contributed by atoms with E-state index in [1.54, 1.807) is 61.5 Å². The van der Waals surface area contributed by atoms with Crippen LogP contribution in [0.3, 0.4) is 0 Å². The van der Waals surface area contributed by atoms with Crippen molar-refractivity contribution in [3.05, 3.63) is 82.6 Å². The van der Waals surface area contributed by atoms with Crippen molar-refractivity contribution in [3.8, 4) is 0 Å². The molecule has 1 unspecified atom stereocenters. The summed E-state index contributed by atoms with van der Waals surface area (Å²) in [6.07, 6.45) is 1.26. The number of aliphatic hydroxyl groups is 1. The van der Waals surface area contributed by atoms with Crippen LogP contribution in [0.4, 0.5) is 5.82 Å². The van der Waals surface area contributed by atoms with Gasteiger partial charge in [-0.05, 0) is 18.6 Å². The van der Waals surface area contributed by atoms with Crippen molar-refractivity contribution in [1.82, 2.24) is 5.16 Å². The van der Waals surface area contributed by atoms with Gasteiger partial charge in [0.05, 0.1) is 13.1 Å². The van der Waals surface area contributed by atoms with Gasteiger partial charge in [-0.15, -0.1) is 0 Å². The molecular formula is C27H29BrClN3O5. The first-order chi connectivity index (χ1) is 17.3. The van der Waals surface area contributed by atoms with Crippen molar-refractivity contribution < 1.29 is 45.4 Å². The molecule has 1 aromatic heterocycles. The minimum atomic E-state index is -2.06. The third kappa shape index (κ3) is 5.45. The molecule has 3 aliphatic rings. The van der Waals surface area contributed by atoms with E-state index in [9.17, 15) is 14.7 Å². The lowest BCUT2D eigenvalue weighted by Gasteiger charge is -2.51. The number of halogens is 2. The summed E-state index contributed by atoms with van der Waals surface area (Å²) in [5.74, 6) is 0.263. The molecule has 2 bridgehead atoms. The zero-order valence-corrected chi connectivity index (χ0v) is 22.7. The number of ether oxygens (including phenoxy) is 1. The summed E-state index contributed by atoms with van der Waals surface area (Å²) in [5, 5.41) is 18.7. The number of nitrogens with zero attached hydrogens (tertiary/aromatic N) is 2. The van der Waals surface area contributed by atoms with Crippen molar-refractivity contribution in [2.24, 2.45) is 5.92 Å². The maximum absolute atomic E-state index is 13.7. The molecule has 8 nitrogen and oxygen atoms in total. The highest BCUT2D eigenvalue weighted by Gasteiger charge is 2.51. The van der Waals surface area contributed by atoms with Crippen LogP contribution >= 0.6 is 11.6 Å². The SMILES string of the molecule is Cc1cc(NC(=O)C[N+]23CCC(CC2)C(OC(=O)[C@@](O)(c2ccccc2)c2ccccc2Cl)C3)no1.[Br-]. The number of hydrogen-bond donors (Lipinski definition) is 2. The normalized spacial score (nSPS) is 24.0. The Bertz CT molecular complexity index is 1260. The number of benzene rings is 2. The van der Waals surface area contributed by atoms with Crippen molar-refractivity contribution in [2.45, 2.75) is 31.5 Å².